The van der Waals surface area contributed by atoms with Gasteiger partial charge in [-0.15, -0.1) is 0 Å². The normalized spacial score (nSPS) is 21.4. The molecule has 0 radical (unpaired) electrons. The third-order valence-electron chi connectivity index (χ3n) is 4.50. The van der Waals surface area contributed by atoms with Crippen molar-refractivity contribution in [2.45, 2.75) is 18.5 Å². The van der Waals surface area contributed by atoms with Gasteiger partial charge in [0.05, 0.1) is 11.3 Å². The highest BCUT2D eigenvalue weighted by Gasteiger charge is 2.56. The molecule has 25 heavy (non-hydrogen) atoms. The van der Waals surface area contributed by atoms with Crippen molar-refractivity contribution in [2.75, 3.05) is 10.2 Å². The molecule has 0 aliphatic carbocycles. The molecule has 0 saturated carbocycles. The van der Waals surface area contributed by atoms with Crippen molar-refractivity contribution in [1.82, 2.24) is 5.32 Å². The first-order valence-electron chi connectivity index (χ1n) is 7.83. The van der Waals surface area contributed by atoms with Gasteiger partial charge in [-0.1, -0.05) is 34.1 Å². The number of rotatable bonds is 2. The second kappa shape index (κ2) is 5.70. The Hall–Kier alpha value is -2.67. The third-order valence-corrected chi connectivity index (χ3v) is 4.99. The Morgan fingerprint density at radius 1 is 1.16 bits per heavy atom. The summed E-state index contributed by atoms with van der Waals surface area (Å²) in [7, 11) is 0. The molecule has 0 spiro atoms. The van der Waals surface area contributed by atoms with E-state index in [9.17, 15) is 14.4 Å². The lowest BCUT2D eigenvalue weighted by Gasteiger charge is -2.41. The molecule has 6 nitrogen and oxygen atoms in total. The van der Waals surface area contributed by atoms with Gasteiger partial charge in [0, 0.05) is 23.0 Å². The molecule has 2 aromatic rings. The molecule has 2 aliphatic rings. The molecule has 2 heterocycles. The van der Waals surface area contributed by atoms with Crippen LogP contribution in [0.25, 0.3) is 0 Å². The number of benzene rings is 2. The van der Waals surface area contributed by atoms with Gasteiger partial charge in [0.25, 0.3) is 11.8 Å². The number of anilines is 2. The largest absolute Gasteiger partial charge is 0.322 e. The van der Waals surface area contributed by atoms with Crippen LogP contribution < -0.4 is 15.5 Å². The molecular weight excluding hydrogens is 386 g/mol. The lowest BCUT2D eigenvalue weighted by atomic mass is 9.98. The fourth-order valence-corrected chi connectivity index (χ4v) is 3.77. The van der Waals surface area contributed by atoms with E-state index in [0.29, 0.717) is 16.9 Å². The molecule has 126 valence electrons. The van der Waals surface area contributed by atoms with Gasteiger partial charge >= 0.3 is 0 Å². The number of carbonyl (C=O) groups excluding carboxylic acids is 3. The molecule has 2 N–H and O–H groups in total. The summed E-state index contributed by atoms with van der Waals surface area (Å²) in [4.78, 5) is 39.5. The van der Waals surface area contributed by atoms with Crippen LogP contribution in [0.15, 0.2) is 53.0 Å². The summed E-state index contributed by atoms with van der Waals surface area (Å²) in [5.41, 5.74) is 0.0492. The second-order valence-corrected chi connectivity index (χ2v) is 6.94. The first-order valence-corrected chi connectivity index (χ1v) is 8.62. The van der Waals surface area contributed by atoms with Crippen molar-refractivity contribution < 1.29 is 14.4 Å². The fourth-order valence-electron chi connectivity index (χ4n) is 3.37. The Kier molecular flexibility index (Phi) is 3.61. The lowest BCUT2D eigenvalue weighted by Crippen LogP contribution is -2.68. The van der Waals surface area contributed by atoms with Crippen LogP contribution in [0.1, 0.15) is 23.2 Å². The maximum Gasteiger partial charge on any atom is 0.271 e. The fraction of sp³-hybridized carbons (Fsp3) is 0.167. The second-order valence-electron chi connectivity index (χ2n) is 6.03. The van der Waals surface area contributed by atoms with Crippen molar-refractivity contribution in [3.8, 4) is 0 Å². The number of carbonyl (C=O) groups is 3. The van der Waals surface area contributed by atoms with Crippen molar-refractivity contribution in [1.29, 1.82) is 0 Å². The van der Waals surface area contributed by atoms with E-state index >= 15 is 0 Å². The van der Waals surface area contributed by atoms with Gasteiger partial charge in [0.2, 0.25) is 11.6 Å². The molecule has 2 aromatic carbocycles. The summed E-state index contributed by atoms with van der Waals surface area (Å²) in [6.07, 6.45) is 0.423. The molecule has 0 bridgehead atoms. The molecule has 1 atom stereocenters. The Labute approximate surface area is 152 Å². The monoisotopic (exact) mass is 399 g/mol. The maximum absolute atomic E-state index is 13.0. The number of fused-ring (bicyclic) bond motifs is 3. The summed E-state index contributed by atoms with van der Waals surface area (Å²) in [5.74, 6) is -0.970. The zero-order valence-electron chi connectivity index (χ0n) is 13.1. The van der Waals surface area contributed by atoms with E-state index in [2.05, 4.69) is 26.6 Å². The summed E-state index contributed by atoms with van der Waals surface area (Å²) < 4.78 is 0.820. The van der Waals surface area contributed by atoms with Gasteiger partial charge in [-0.25, -0.2) is 0 Å². The van der Waals surface area contributed by atoms with Crippen LogP contribution in [0.2, 0.25) is 0 Å². The Morgan fingerprint density at radius 2 is 1.96 bits per heavy atom. The van der Waals surface area contributed by atoms with Gasteiger partial charge in [-0.2, -0.15) is 0 Å². The van der Waals surface area contributed by atoms with Gasteiger partial charge in [-0.3, -0.25) is 19.3 Å². The highest BCUT2D eigenvalue weighted by Crippen LogP contribution is 2.39. The molecule has 0 aromatic heterocycles. The van der Waals surface area contributed by atoms with Gasteiger partial charge in [0.15, 0.2) is 0 Å². The van der Waals surface area contributed by atoms with E-state index < -0.39 is 11.6 Å². The average molecular weight is 400 g/mol. The Morgan fingerprint density at radius 3 is 2.76 bits per heavy atom. The third kappa shape index (κ3) is 2.42. The first kappa shape index (κ1) is 15.8. The predicted octanol–water partition coefficient (Wildman–Crippen LogP) is 2.65. The van der Waals surface area contributed by atoms with E-state index in [1.54, 1.807) is 42.5 Å². The predicted molar refractivity (Wildman–Crippen MR) is 96.1 cm³/mol. The van der Waals surface area contributed by atoms with Gasteiger partial charge < -0.3 is 10.6 Å². The molecular formula is C18H14BrN3O3. The summed E-state index contributed by atoms with van der Waals surface area (Å²) in [6, 6.07) is 14.0. The zero-order chi connectivity index (χ0) is 17.6. The minimum Gasteiger partial charge on any atom is -0.322 e. The molecule has 1 fully saturated rings. The minimum absolute atomic E-state index is 0.183. The van der Waals surface area contributed by atoms with Crippen LogP contribution in [-0.2, 0) is 9.59 Å². The maximum atomic E-state index is 13.0. The van der Waals surface area contributed by atoms with E-state index in [0.717, 1.165) is 4.47 Å². The van der Waals surface area contributed by atoms with E-state index in [-0.39, 0.29) is 24.7 Å². The molecule has 3 amide bonds. The average Bonchev–Trinajstić information content (AvgIpc) is 2.93. The van der Waals surface area contributed by atoms with Crippen molar-refractivity contribution >= 4 is 45.0 Å². The van der Waals surface area contributed by atoms with Crippen LogP contribution in [0.3, 0.4) is 0 Å². The summed E-state index contributed by atoms with van der Waals surface area (Å²) in [6.45, 7) is 0. The number of hydrogen-bond donors (Lipinski definition) is 2. The number of halogens is 1. The minimum atomic E-state index is -1.40. The number of nitrogens with one attached hydrogen (secondary N) is 2. The van der Waals surface area contributed by atoms with E-state index in [1.165, 1.54) is 4.90 Å². The Balaban J connectivity index is 1.76. The quantitative estimate of drug-likeness (QED) is 0.814. The number of amides is 3. The van der Waals surface area contributed by atoms with E-state index in [1.807, 2.05) is 6.07 Å². The summed E-state index contributed by atoms with van der Waals surface area (Å²) in [5, 5.41) is 5.56. The topological polar surface area (TPSA) is 78.5 Å². The zero-order valence-corrected chi connectivity index (χ0v) is 14.7. The van der Waals surface area contributed by atoms with Crippen molar-refractivity contribution in [2.24, 2.45) is 0 Å². The molecule has 0 unspecified atom stereocenters. The lowest BCUT2D eigenvalue weighted by molar-refractivity contribution is -0.124. The highest BCUT2D eigenvalue weighted by atomic mass is 79.9. The van der Waals surface area contributed by atoms with Crippen LogP contribution in [-0.4, -0.2) is 23.4 Å². The van der Waals surface area contributed by atoms with Crippen molar-refractivity contribution in [3.63, 3.8) is 0 Å². The first-order chi connectivity index (χ1) is 12.0. The standard InChI is InChI=1S/C18H14BrN3O3/c19-11-4-3-5-12(10-11)20-17(25)18-9-8-15(23)22(18)14-7-2-1-6-13(14)16(24)21-18/h1-7,10H,8-9H2,(H,20,25)(H,21,24)/t18-/m1/s1. The molecule has 4 rings (SSSR count). The van der Waals surface area contributed by atoms with Crippen LogP contribution in [0.4, 0.5) is 11.4 Å². The number of hydrogen-bond acceptors (Lipinski definition) is 3. The van der Waals surface area contributed by atoms with Gasteiger partial charge in [0.1, 0.15) is 0 Å². The van der Waals surface area contributed by atoms with Crippen LogP contribution >= 0.6 is 15.9 Å². The van der Waals surface area contributed by atoms with Gasteiger partial charge in [-0.05, 0) is 30.3 Å². The SMILES string of the molecule is O=C1N[C@]2(C(=O)Nc3cccc(Br)c3)CCC(=O)N2c2ccccc21. The smallest absolute Gasteiger partial charge is 0.271 e. The van der Waals surface area contributed by atoms with Crippen molar-refractivity contribution in [3.05, 3.63) is 58.6 Å². The molecule has 2 aliphatic heterocycles. The van der Waals surface area contributed by atoms with Crippen LogP contribution in [0, 0.1) is 0 Å². The van der Waals surface area contributed by atoms with Crippen LogP contribution in [0.5, 0.6) is 0 Å². The molecule has 1 saturated heterocycles. The number of para-hydroxylation sites is 1. The highest BCUT2D eigenvalue weighted by molar-refractivity contribution is 9.10. The summed E-state index contributed by atoms with van der Waals surface area (Å²) >= 11 is 3.36. The number of nitrogens with zero attached hydrogens (tertiary/aromatic N) is 1. The Bertz CT molecular complexity index is 914. The molecule has 7 heteroatoms. The van der Waals surface area contributed by atoms with E-state index in [4.69, 9.17) is 0 Å².